The molecule has 2 rings (SSSR count). The van der Waals surface area contributed by atoms with Gasteiger partial charge < -0.3 is 15.4 Å². The van der Waals surface area contributed by atoms with Crippen molar-refractivity contribution in [2.24, 2.45) is 0 Å². The Hall–Kier alpha value is -2.49. The maximum atomic E-state index is 12.0. The molecule has 0 aromatic heterocycles. The lowest BCUT2D eigenvalue weighted by Gasteiger charge is -2.15. The zero-order valence-electron chi connectivity index (χ0n) is 13.2. The quantitative estimate of drug-likeness (QED) is 0.862. The van der Waals surface area contributed by atoms with Crippen LogP contribution in [0.3, 0.4) is 0 Å². The van der Waals surface area contributed by atoms with Crippen molar-refractivity contribution < 1.29 is 9.53 Å². The van der Waals surface area contributed by atoms with E-state index in [1.807, 2.05) is 75.4 Å². The highest BCUT2D eigenvalue weighted by Crippen LogP contribution is 2.17. The van der Waals surface area contributed by atoms with Crippen molar-refractivity contribution in [1.29, 1.82) is 0 Å². The van der Waals surface area contributed by atoms with Crippen LogP contribution in [0.1, 0.15) is 32.4 Å². The van der Waals surface area contributed by atoms with Gasteiger partial charge in [-0.1, -0.05) is 30.3 Å². The van der Waals surface area contributed by atoms with E-state index in [-0.39, 0.29) is 18.2 Å². The highest BCUT2D eigenvalue weighted by atomic mass is 16.5. The third kappa shape index (κ3) is 4.81. The molecular weight excluding hydrogens is 276 g/mol. The van der Waals surface area contributed by atoms with Crippen LogP contribution in [0.2, 0.25) is 0 Å². The summed E-state index contributed by atoms with van der Waals surface area (Å²) >= 11 is 0. The highest BCUT2D eigenvalue weighted by molar-refractivity contribution is 5.89. The predicted molar refractivity (Wildman–Crippen MR) is 89.2 cm³/mol. The maximum Gasteiger partial charge on any atom is 0.319 e. The number of ether oxygens (including phenoxy) is 1. The summed E-state index contributed by atoms with van der Waals surface area (Å²) < 4.78 is 5.57. The third-order valence-corrected chi connectivity index (χ3v) is 3.13. The topological polar surface area (TPSA) is 50.4 Å². The first kappa shape index (κ1) is 15.9. The molecule has 4 nitrogen and oxygen atoms in total. The first-order valence-corrected chi connectivity index (χ1v) is 7.44. The third-order valence-electron chi connectivity index (χ3n) is 3.13. The van der Waals surface area contributed by atoms with Gasteiger partial charge in [0.25, 0.3) is 0 Å². The molecule has 0 aliphatic carbocycles. The van der Waals surface area contributed by atoms with Gasteiger partial charge in [0.15, 0.2) is 0 Å². The molecule has 2 aromatic carbocycles. The van der Waals surface area contributed by atoms with Crippen molar-refractivity contribution in [3.8, 4) is 5.75 Å². The van der Waals surface area contributed by atoms with Crippen molar-refractivity contribution in [2.75, 3.05) is 5.32 Å². The molecule has 22 heavy (non-hydrogen) atoms. The number of amides is 2. The lowest BCUT2D eigenvalue weighted by molar-refractivity contribution is 0.242. The van der Waals surface area contributed by atoms with Crippen molar-refractivity contribution in [1.82, 2.24) is 5.32 Å². The molecular formula is C18H22N2O2. The summed E-state index contributed by atoms with van der Waals surface area (Å²) in [7, 11) is 0. The van der Waals surface area contributed by atoms with Crippen LogP contribution >= 0.6 is 0 Å². The number of hydrogen-bond acceptors (Lipinski definition) is 2. The van der Waals surface area contributed by atoms with E-state index in [4.69, 9.17) is 4.74 Å². The van der Waals surface area contributed by atoms with E-state index in [0.29, 0.717) is 0 Å². The minimum atomic E-state index is -0.228. The van der Waals surface area contributed by atoms with Gasteiger partial charge in [0, 0.05) is 5.69 Å². The summed E-state index contributed by atoms with van der Waals surface area (Å²) in [5.74, 6) is 0.790. The van der Waals surface area contributed by atoms with Gasteiger partial charge in [0.2, 0.25) is 0 Å². The van der Waals surface area contributed by atoms with Gasteiger partial charge in [0.05, 0.1) is 12.1 Å². The number of anilines is 1. The summed E-state index contributed by atoms with van der Waals surface area (Å²) in [6.07, 6.45) is 0.133. The van der Waals surface area contributed by atoms with Crippen LogP contribution in [-0.4, -0.2) is 12.1 Å². The van der Waals surface area contributed by atoms with Gasteiger partial charge in [-0.2, -0.15) is 0 Å². The molecule has 0 saturated carbocycles. The normalized spacial score (nSPS) is 11.8. The second-order valence-corrected chi connectivity index (χ2v) is 5.42. The Morgan fingerprint density at radius 2 is 1.59 bits per heavy atom. The summed E-state index contributed by atoms with van der Waals surface area (Å²) in [4.78, 5) is 12.0. The summed E-state index contributed by atoms with van der Waals surface area (Å²) in [5.41, 5.74) is 1.80. The molecule has 2 N–H and O–H groups in total. The number of carbonyl (C=O) groups is 1. The molecule has 0 heterocycles. The van der Waals surface area contributed by atoms with E-state index in [1.54, 1.807) is 0 Å². The standard InChI is InChI=1S/C18H22N2O2/c1-13(2)22-17-11-9-16(10-12-17)20-18(21)19-14(3)15-7-5-4-6-8-15/h4-14H,1-3H3,(H2,19,20,21). The number of rotatable bonds is 5. The van der Waals surface area contributed by atoms with Crippen molar-refractivity contribution >= 4 is 11.7 Å². The van der Waals surface area contributed by atoms with Gasteiger partial charge in [-0.25, -0.2) is 4.79 Å². The van der Waals surface area contributed by atoms with Crippen LogP contribution in [0.25, 0.3) is 0 Å². The van der Waals surface area contributed by atoms with Crippen LogP contribution in [0.4, 0.5) is 10.5 Å². The average molecular weight is 298 g/mol. The first-order chi connectivity index (χ1) is 10.5. The molecule has 0 aliphatic heterocycles. The molecule has 0 fully saturated rings. The SMILES string of the molecule is CC(C)Oc1ccc(NC(=O)NC(C)c2ccccc2)cc1. The summed E-state index contributed by atoms with van der Waals surface area (Å²) in [6, 6.07) is 16.9. The molecule has 2 amide bonds. The number of urea groups is 1. The van der Waals surface area contributed by atoms with Crippen LogP contribution < -0.4 is 15.4 Å². The van der Waals surface area contributed by atoms with E-state index in [1.165, 1.54) is 0 Å². The lowest BCUT2D eigenvalue weighted by Crippen LogP contribution is -2.31. The van der Waals surface area contributed by atoms with Crippen molar-refractivity contribution in [3.05, 3.63) is 60.2 Å². The molecule has 0 bridgehead atoms. The fourth-order valence-electron chi connectivity index (χ4n) is 2.08. The minimum absolute atomic E-state index is 0.0512. The largest absolute Gasteiger partial charge is 0.491 e. The van der Waals surface area contributed by atoms with E-state index in [2.05, 4.69) is 10.6 Å². The Balaban J connectivity index is 1.89. The molecule has 1 unspecified atom stereocenters. The van der Waals surface area contributed by atoms with Gasteiger partial charge in [-0.05, 0) is 50.6 Å². The van der Waals surface area contributed by atoms with Crippen LogP contribution in [0, 0.1) is 0 Å². The second kappa shape index (κ2) is 7.50. The van der Waals surface area contributed by atoms with Gasteiger partial charge in [-0.3, -0.25) is 0 Å². The van der Waals surface area contributed by atoms with Crippen LogP contribution in [0.15, 0.2) is 54.6 Å². The number of benzene rings is 2. The smallest absolute Gasteiger partial charge is 0.319 e. The van der Waals surface area contributed by atoms with Crippen molar-refractivity contribution in [2.45, 2.75) is 32.9 Å². The van der Waals surface area contributed by atoms with E-state index in [0.717, 1.165) is 17.0 Å². The highest BCUT2D eigenvalue weighted by Gasteiger charge is 2.09. The summed E-state index contributed by atoms with van der Waals surface area (Å²) in [6.45, 7) is 5.91. The monoisotopic (exact) mass is 298 g/mol. The minimum Gasteiger partial charge on any atom is -0.491 e. The molecule has 0 saturated heterocycles. The Morgan fingerprint density at radius 1 is 0.955 bits per heavy atom. The van der Waals surface area contributed by atoms with E-state index < -0.39 is 0 Å². The van der Waals surface area contributed by atoms with Gasteiger partial charge in [0.1, 0.15) is 5.75 Å². The lowest BCUT2D eigenvalue weighted by atomic mass is 10.1. The zero-order chi connectivity index (χ0) is 15.9. The van der Waals surface area contributed by atoms with E-state index >= 15 is 0 Å². The molecule has 2 aromatic rings. The Kier molecular flexibility index (Phi) is 5.42. The number of hydrogen-bond donors (Lipinski definition) is 2. The van der Waals surface area contributed by atoms with Crippen LogP contribution in [-0.2, 0) is 0 Å². The summed E-state index contributed by atoms with van der Waals surface area (Å²) in [5, 5.41) is 5.73. The number of carbonyl (C=O) groups excluding carboxylic acids is 1. The Bertz CT molecular complexity index is 594. The molecule has 0 spiro atoms. The van der Waals surface area contributed by atoms with Gasteiger partial charge >= 0.3 is 6.03 Å². The average Bonchev–Trinajstić information content (AvgIpc) is 2.49. The molecule has 116 valence electrons. The predicted octanol–water partition coefficient (Wildman–Crippen LogP) is 4.36. The van der Waals surface area contributed by atoms with Crippen molar-refractivity contribution in [3.63, 3.8) is 0 Å². The van der Waals surface area contributed by atoms with Gasteiger partial charge in [-0.15, -0.1) is 0 Å². The fourth-order valence-corrected chi connectivity index (χ4v) is 2.08. The second-order valence-electron chi connectivity index (χ2n) is 5.42. The zero-order valence-corrected chi connectivity index (χ0v) is 13.2. The Labute approximate surface area is 131 Å². The molecule has 0 aliphatic rings. The first-order valence-electron chi connectivity index (χ1n) is 7.44. The fraction of sp³-hybridized carbons (Fsp3) is 0.278. The maximum absolute atomic E-state index is 12.0. The Morgan fingerprint density at radius 3 is 2.18 bits per heavy atom. The van der Waals surface area contributed by atoms with Crippen LogP contribution in [0.5, 0.6) is 5.75 Å². The molecule has 4 heteroatoms. The molecule has 0 radical (unpaired) electrons. The van der Waals surface area contributed by atoms with E-state index in [9.17, 15) is 4.79 Å². The number of nitrogens with one attached hydrogen (secondary N) is 2. The molecule has 1 atom stereocenters.